The van der Waals surface area contributed by atoms with Gasteiger partial charge >= 0.3 is 57.4 Å². The van der Waals surface area contributed by atoms with Crippen LogP contribution in [-0.2, 0) is 0 Å². The van der Waals surface area contributed by atoms with Gasteiger partial charge < -0.3 is 20.2 Å². The number of rotatable bonds is 7. The molecule has 0 spiro atoms. The van der Waals surface area contributed by atoms with Gasteiger partial charge in [0.25, 0.3) is 0 Å². The SMILES string of the molecule is Cc1cc(C(C)Nc2ccccc2C(=O)O)c2oc(-c3ccc([C-]=CC=[N-])cc3)c(C)c(=O)c2c1.[K+]. The van der Waals surface area contributed by atoms with Crippen LogP contribution in [0.2, 0.25) is 0 Å². The first-order valence-electron chi connectivity index (χ1n) is 11.1. The Morgan fingerprint density at radius 2 is 1.81 bits per heavy atom. The number of carbonyl (C=O) groups is 1. The summed E-state index contributed by atoms with van der Waals surface area (Å²) < 4.78 is 6.37. The first kappa shape index (κ1) is 27.8. The van der Waals surface area contributed by atoms with Crippen LogP contribution >= 0.6 is 0 Å². The number of carboxylic acids is 1. The maximum atomic E-state index is 13.4. The Kier molecular flexibility index (Phi) is 9.22. The number of allylic oxidation sites excluding steroid dienone is 1. The van der Waals surface area contributed by atoms with E-state index in [9.17, 15) is 14.7 Å². The van der Waals surface area contributed by atoms with Crippen LogP contribution in [0.3, 0.4) is 0 Å². The average molecular weight is 504 g/mol. The van der Waals surface area contributed by atoms with Gasteiger partial charge in [0, 0.05) is 16.8 Å². The summed E-state index contributed by atoms with van der Waals surface area (Å²) in [5, 5.41) is 22.1. The first-order valence-corrected chi connectivity index (χ1v) is 11.1. The minimum Gasteiger partial charge on any atom is -0.862 e. The predicted molar refractivity (Wildman–Crippen MR) is 139 cm³/mol. The van der Waals surface area contributed by atoms with E-state index in [1.54, 1.807) is 31.2 Å². The molecule has 1 unspecified atom stereocenters. The second kappa shape index (κ2) is 11.9. The fraction of sp³-hybridized carbons (Fsp3) is 0.138. The summed E-state index contributed by atoms with van der Waals surface area (Å²) in [6, 6.07) is 17.4. The largest absolute Gasteiger partial charge is 1.00 e. The third-order valence-electron chi connectivity index (χ3n) is 5.86. The third kappa shape index (κ3) is 5.77. The van der Waals surface area contributed by atoms with Crippen molar-refractivity contribution in [3.8, 4) is 11.3 Å². The van der Waals surface area contributed by atoms with E-state index in [-0.39, 0.29) is 68.4 Å². The van der Waals surface area contributed by atoms with Gasteiger partial charge in [0.15, 0.2) is 5.43 Å². The van der Waals surface area contributed by atoms with Crippen molar-refractivity contribution < 1.29 is 65.7 Å². The molecule has 0 aliphatic heterocycles. The van der Waals surface area contributed by atoms with Crippen molar-refractivity contribution >= 4 is 28.8 Å². The summed E-state index contributed by atoms with van der Waals surface area (Å²) in [6.45, 7) is 5.56. The van der Waals surface area contributed by atoms with Crippen LogP contribution in [0.1, 0.15) is 45.6 Å². The number of para-hydroxylation sites is 1. The molecule has 1 atom stereocenters. The summed E-state index contributed by atoms with van der Waals surface area (Å²) in [4.78, 5) is 25.0. The summed E-state index contributed by atoms with van der Waals surface area (Å²) in [6.07, 6.45) is 5.24. The minimum absolute atomic E-state index is 0. The van der Waals surface area contributed by atoms with Gasteiger partial charge in [-0.2, -0.15) is 6.08 Å². The molecule has 3 aromatic carbocycles. The normalized spacial score (nSPS) is 11.8. The Morgan fingerprint density at radius 1 is 1.11 bits per heavy atom. The molecule has 4 rings (SSSR count). The second-order valence-electron chi connectivity index (χ2n) is 8.37. The van der Waals surface area contributed by atoms with Gasteiger partial charge in [-0.3, -0.25) is 11.0 Å². The zero-order chi connectivity index (χ0) is 25.1. The van der Waals surface area contributed by atoms with Gasteiger partial charge in [0.2, 0.25) is 0 Å². The van der Waals surface area contributed by atoms with E-state index in [0.29, 0.717) is 28.0 Å². The number of hydrogen-bond acceptors (Lipinski definition) is 4. The van der Waals surface area contributed by atoms with Gasteiger partial charge in [0.05, 0.1) is 17.0 Å². The predicted octanol–water partition coefficient (Wildman–Crippen LogP) is 3.30. The molecule has 36 heavy (non-hydrogen) atoms. The van der Waals surface area contributed by atoms with E-state index in [1.807, 2.05) is 50.2 Å². The molecule has 0 aliphatic rings. The van der Waals surface area contributed by atoms with E-state index in [0.717, 1.165) is 28.5 Å². The molecule has 0 bridgehead atoms. The Morgan fingerprint density at radius 3 is 2.47 bits per heavy atom. The van der Waals surface area contributed by atoms with Crippen LogP contribution in [0, 0.1) is 19.9 Å². The summed E-state index contributed by atoms with van der Waals surface area (Å²) in [7, 11) is 0. The monoisotopic (exact) mass is 503 g/mol. The molecular weight excluding hydrogens is 479 g/mol. The summed E-state index contributed by atoms with van der Waals surface area (Å²) >= 11 is 0. The molecule has 6 nitrogen and oxygen atoms in total. The Hall–Kier alpha value is -2.81. The zero-order valence-electron chi connectivity index (χ0n) is 20.6. The molecule has 0 radical (unpaired) electrons. The van der Waals surface area contributed by atoms with Gasteiger partial charge in [-0.15, -0.1) is 23.8 Å². The molecule has 1 aromatic heterocycles. The van der Waals surface area contributed by atoms with Gasteiger partial charge in [0.1, 0.15) is 11.3 Å². The van der Waals surface area contributed by atoms with Crippen molar-refractivity contribution in [2.75, 3.05) is 5.32 Å². The van der Waals surface area contributed by atoms with Crippen LogP contribution < -0.4 is 62.1 Å². The molecular formula is C29H24KN2O4-. The van der Waals surface area contributed by atoms with Gasteiger partial charge in [-0.05, 0) is 50.1 Å². The van der Waals surface area contributed by atoms with E-state index in [2.05, 4.69) is 11.4 Å². The maximum absolute atomic E-state index is 13.4. The number of aromatic carboxylic acids is 1. The smallest absolute Gasteiger partial charge is 0.862 e. The number of aryl methyl sites for hydroxylation is 1. The number of hydrogen-bond donors (Lipinski definition) is 2. The fourth-order valence-corrected chi connectivity index (χ4v) is 4.12. The summed E-state index contributed by atoms with van der Waals surface area (Å²) in [5.41, 5.74) is 4.66. The van der Waals surface area contributed by atoms with Crippen LogP contribution in [0.4, 0.5) is 5.69 Å². The topological polar surface area (TPSA) is 102 Å². The van der Waals surface area contributed by atoms with Crippen molar-refractivity contribution in [2.45, 2.75) is 26.8 Å². The summed E-state index contributed by atoms with van der Waals surface area (Å²) in [5.74, 6) is -0.554. The third-order valence-corrected chi connectivity index (χ3v) is 5.86. The van der Waals surface area contributed by atoms with Crippen LogP contribution in [0.15, 0.2) is 76.0 Å². The van der Waals surface area contributed by atoms with Crippen molar-refractivity contribution in [2.24, 2.45) is 0 Å². The number of nitrogens with one attached hydrogen (secondary N) is 1. The van der Waals surface area contributed by atoms with Crippen molar-refractivity contribution in [1.29, 1.82) is 0 Å². The number of anilines is 1. The molecule has 0 saturated heterocycles. The molecule has 176 valence electrons. The number of nitrogens with zero attached hydrogens (tertiary/aromatic N) is 1. The molecule has 1 heterocycles. The quantitative estimate of drug-likeness (QED) is 0.229. The zero-order valence-corrected chi connectivity index (χ0v) is 23.7. The Bertz CT molecular complexity index is 1520. The molecule has 0 fully saturated rings. The van der Waals surface area contributed by atoms with Gasteiger partial charge in [-0.1, -0.05) is 30.3 Å². The van der Waals surface area contributed by atoms with Crippen LogP contribution in [0.25, 0.3) is 27.7 Å². The van der Waals surface area contributed by atoms with Crippen molar-refractivity contribution in [1.82, 2.24) is 0 Å². The second-order valence-corrected chi connectivity index (χ2v) is 8.37. The van der Waals surface area contributed by atoms with E-state index in [4.69, 9.17) is 9.83 Å². The minimum atomic E-state index is -1.02. The van der Waals surface area contributed by atoms with E-state index < -0.39 is 5.97 Å². The molecule has 7 heteroatoms. The number of carboxylic acid groups (broad SMARTS) is 1. The fourth-order valence-electron chi connectivity index (χ4n) is 4.12. The van der Waals surface area contributed by atoms with E-state index >= 15 is 0 Å². The number of benzene rings is 3. The Labute approximate surface area is 252 Å². The number of fused-ring (bicyclic) bond motifs is 1. The van der Waals surface area contributed by atoms with Crippen molar-refractivity contribution in [3.05, 3.63) is 116 Å². The van der Waals surface area contributed by atoms with E-state index in [1.165, 1.54) is 6.08 Å². The van der Waals surface area contributed by atoms with Gasteiger partial charge in [-0.25, -0.2) is 4.79 Å². The van der Waals surface area contributed by atoms with Crippen molar-refractivity contribution in [3.63, 3.8) is 0 Å². The van der Waals surface area contributed by atoms with Crippen LogP contribution in [-0.4, -0.2) is 17.3 Å². The molecule has 0 amide bonds. The standard InChI is InChI=1S/C29H24N2O4.K/c1-17-15-23(19(3)31-25-9-5-4-8-22(25)29(33)34)28-24(16-17)26(32)18(2)27(35-28)21-12-10-20(11-13-21)7-6-14-30;/h4-6,8-16,19,31H,1-3H3,(H,33,34);/q-2;+1. The van der Waals surface area contributed by atoms with Crippen LogP contribution in [0.5, 0.6) is 0 Å². The molecule has 4 aromatic rings. The molecule has 0 aliphatic carbocycles. The molecule has 0 saturated carbocycles. The average Bonchev–Trinajstić information content (AvgIpc) is 2.85. The maximum Gasteiger partial charge on any atom is 1.00 e. The first-order chi connectivity index (χ1) is 16.8. The molecule has 2 N–H and O–H groups in total. The Balaban J connectivity index is 0.00000361.